The molecule has 0 fully saturated rings. The Bertz CT molecular complexity index is 554. The Labute approximate surface area is 112 Å². The molecule has 1 heterocycles. The van der Waals surface area contributed by atoms with Gasteiger partial charge in [0.2, 0.25) is 0 Å². The van der Waals surface area contributed by atoms with Crippen molar-refractivity contribution in [1.29, 1.82) is 5.26 Å². The molecule has 1 aromatic carbocycles. The molecule has 5 heteroatoms. The van der Waals surface area contributed by atoms with Crippen molar-refractivity contribution < 1.29 is 4.74 Å². The molecule has 98 valence electrons. The lowest BCUT2D eigenvalue weighted by molar-refractivity contribution is 0.368. The van der Waals surface area contributed by atoms with Gasteiger partial charge in [-0.15, -0.1) is 0 Å². The molecule has 0 radical (unpaired) electrons. The van der Waals surface area contributed by atoms with Crippen molar-refractivity contribution in [3.8, 4) is 11.8 Å². The molecule has 0 aliphatic carbocycles. The molecule has 0 amide bonds. The molecule has 0 saturated carbocycles. The Kier molecular flexibility index (Phi) is 4.40. The Balaban J connectivity index is 1.87. The quantitative estimate of drug-likeness (QED) is 0.862. The number of anilines is 1. The second kappa shape index (κ2) is 6.45. The van der Waals surface area contributed by atoms with E-state index in [2.05, 4.69) is 17.3 Å². The number of nitrogens with zero attached hydrogens (tertiary/aromatic N) is 3. The van der Waals surface area contributed by atoms with Crippen LogP contribution in [0.25, 0.3) is 0 Å². The van der Waals surface area contributed by atoms with Crippen molar-refractivity contribution in [3.05, 3.63) is 42.2 Å². The molecule has 2 rings (SSSR count). The van der Waals surface area contributed by atoms with Gasteiger partial charge in [0, 0.05) is 19.3 Å². The number of benzene rings is 1. The second-order valence-corrected chi connectivity index (χ2v) is 4.03. The zero-order valence-corrected chi connectivity index (χ0v) is 10.8. The maximum absolute atomic E-state index is 8.42. The monoisotopic (exact) mass is 256 g/mol. The Morgan fingerprint density at radius 2 is 2.16 bits per heavy atom. The summed E-state index contributed by atoms with van der Waals surface area (Å²) < 4.78 is 7.07. The molecule has 5 nitrogen and oxygen atoms in total. The van der Waals surface area contributed by atoms with Crippen molar-refractivity contribution in [3.63, 3.8) is 0 Å². The van der Waals surface area contributed by atoms with Crippen LogP contribution in [-0.4, -0.2) is 16.4 Å². The summed E-state index contributed by atoms with van der Waals surface area (Å²) in [5, 5.41) is 15.9. The largest absolute Gasteiger partial charge is 0.479 e. The fourth-order valence-corrected chi connectivity index (χ4v) is 1.65. The van der Waals surface area contributed by atoms with Gasteiger partial charge in [0.25, 0.3) is 0 Å². The average molecular weight is 256 g/mol. The van der Waals surface area contributed by atoms with E-state index in [4.69, 9.17) is 10.00 Å². The van der Waals surface area contributed by atoms with E-state index in [1.165, 1.54) is 0 Å². The summed E-state index contributed by atoms with van der Waals surface area (Å²) in [6, 6.07) is 9.62. The zero-order valence-electron chi connectivity index (χ0n) is 10.8. The fraction of sp³-hybridized carbons (Fsp3) is 0.286. The van der Waals surface area contributed by atoms with Crippen LogP contribution >= 0.6 is 0 Å². The van der Waals surface area contributed by atoms with Gasteiger partial charge in [-0.3, -0.25) is 4.68 Å². The predicted octanol–water partition coefficient (Wildman–Crippen LogP) is 2.42. The molecule has 19 heavy (non-hydrogen) atoms. The first-order chi connectivity index (χ1) is 9.31. The van der Waals surface area contributed by atoms with E-state index < -0.39 is 0 Å². The van der Waals surface area contributed by atoms with Gasteiger partial charge in [-0.05, 0) is 24.6 Å². The van der Waals surface area contributed by atoms with E-state index in [0.717, 1.165) is 24.3 Å². The van der Waals surface area contributed by atoms with Crippen molar-refractivity contribution in [2.24, 2.45) is 0 Å². The van der Waals surface area contributed by atoms with Crippen LogP contribution in [0.3, 0.4) is 0 Å². The first-order valence-electron chi connectivity index (χ1n) is 6.17. The summed E-state index contributed by atoms with van der Waals surface area (Å²) in [5.41, 5.74) is 2.15. The van der Waals surface area contributed by atoms with Crippen LogP contribution in [0.1, 0.15) is 12.5 Å². The first kappa shape index (κ1) is 13.0. The minimum absolute atomic E-state index is 0.0772. The average Bonchev–Trinajstić information content (AvgIpc) is 2.92. The molecule has 0 bridgehead atoms. The van der Waals surface area contributed by atoms with Crippen LogP contribution in [-0.2, 0) is 13.1 Å². The summed E-state index contributed by atoms with van der Waals surface area (Å²) in [5.74, 6) is 0.712. The predicted molar refractivity (Wildman–Crippen MR) is 72.8 cm³/mol. The molecule has 1 aromatic heterocycles. The third kappa shape index (κ3) is 3.75. The number of rotatable bonds is 6. The third-order valence-electron chi connectivity index (χ3n) is 2.68. The molecule has 2 aromatic rings. The highest BCUT2D eigenvalue weighted by molar-refractivity contribution is 5.39. The zero-order chi connectivity index (χ0) is 13.5. The van der Waals surface area contributed by atoms with Crippen molar-refractivity contribution in [2.45, 2.75) is 20.0 Å². The number of hydrogen-bond acceptors (Lipinski definition) is 4. The molecule has 0 saturated heterocycles. The van der Waals surface area contributed by atoms with Gasteiger partial charge in [0.15, 0.2) is 6.61 Å². The van der Waals surface area contributed by atoms with E-state index in [-0.39, 0.29) is 6.61 Å². The lowest BCUT2D eigenvalue weighted by atomic mass is 10.2. The van der Waals surface area contributed by atoms with E-state index in [9.17, 15) is 0 Å². The Hall–Kier alpha value is -2.48. The molecule has 0 atom stereocenters. The van der Waals surface area contributed by atoms with Crippen LogP contribution in [0.5, 0.6) is 5.75 Å². The number of nitriles is 1. The second-order valence-electron chi connectivity index (χ2n) is 4.03. The maximum Gasteiger partial charge on any atom is 0.174 e. The number of aromatic nitrogens is 2. The number of ether oxygens (including phenoxy) is 1. The van der Waals surface area contributed by atoms with Gasteiger partial charge in [0.1, 0.15) is 11.8 Å². The van der Waals surface area contributed by atoms with Gasteiger partial charge in [-0.2, -0.15) is 10.4 Å². The third-order valence-corrected chi connectivity index (χ3v) is 2.68. The van der Waals surface area contributed by atoms with Gasteiger partial charge in [-0.25, -0.2) is 0 Å². The Morgan fingerprint density at radius 3 is 2.79 bits per heavy atom. The molecule has 0 unspecified atom stereocenters. The van der Waals surface area contributed by atoms with Crippen molar-refractivity contribution in [1.82, 2.24) is 9.78 Å². The van der Waals surface area contributed by atoms with Gasteiger partial charge >= 0.3 is 0 Å². The van der Waals surface area contributed by atoms with Crippen LogP contribution in [0.4, 0.5) is 5.69 Å². The lowest BCUT2D eigenvalue weighted by Gasteiger charge is -2.05. The minimum Gasteiger partial charge on any atom is -0.479 e. The van der Waals surface area contributed by atoms with Crippen molar-refractivity contribution in [2.75, 3.05) is 11.9 Å². The molecular formula is C14H16N4O. The fourth-order valence-electron chi connectivity index (χ4n) is 1.65. The van der Waals surface area contributed by atoms with Gasteiger partial charge < -0.3 is 10.1 Å². The number of hydrogen-bond donors (Lipinski definition) is 1. The maximum atomic E-state index is 8.42. The van der Waals surface area contributed by atoms with Crippen LogP contribution in [0.15, 0.2) is 36.7 Å². The van der Waals surface area contributed by atoms with Crippen LogP contribution in [0.2, 0.25) is 0 Å². The molecule has 1 N–H and O–H groups in total. The molecule has 0 spiro atoms. The molecular weight excluding hydrogens is 240 g/mol. The minimum atomic E-state index is 0.0772. The standard InChI is InChI=1S/C14H16N4O/c1-2-18-11-13(10-17-18)16-9-12-3-5-14(6-4-12)19-8-7-15/h3-6,10-11,16H,2,8-9H2,1H3. The summed E-state index contributed by atoms with van der Waals surface area (Å²) >= 11 is 0. The van der Waals surface area contributed by atoms with E-state index >= 15 is 0 Å². The van der Waals surface area contributed by atoms with Gasteiger partial charge in [-0.1, -0.05) is 12.1 Å². The van der Waals surface area contributed by atoms with E-state index in [1.54, 1.807) is 0 Å². The number of aryl methyl sites for hydroxylation is 1. The summed E-state index contributed by atoms with van der Waals surface area (Å²) in [6.07, 6.45) is 3.79. The smallest absolute Gasteiger partial charge is 0.174 e. The highest BCUT2D eigenvalue weighted by Crippen LogP contribution is 2.13. The highest BCUT2D eigenvalue weighted by Gasteiger charge is 1.98. The molecule has 0 aliphatic heterocycles. The summed E-state index contributed by atoms with van der Waals surface area (Å²) in [7, 11) is 0. The van der Waals surface area contributed by atoms with Crippen LogP contribution in [0, 0.1) is 11.3 Å². The SMILES string of the molecule is CCn1cc(NCc2ccc(OCC#N)cc2)cn1. The van der Waals surface area contributed by atoms with Gasteiger partial charge in [0.05, 0.1) is 11.9 Å². The Morgan fingerprint density at radius 1 is 1.37 bits per heavy atom. The van der Waals surface area contributed by atoms with Crippen LogP contribution < -0.4 is 10.1 Å². The topological polar surface area (TPSA) is 62.9 Å². The highest BCUT2D eigenvalue weighted by atomic mass is 16.5. The van der Waals surface area contributed by atoms with E-state index in [1.807, 2.05) is 47.4 Å². The van der Waals surface area contributed by atoms with E-state index in [0.29, 0.717) is 5.75 Å². The lowest BCUT2D eigenvalue weighted by Crippen LogP contribution is -1.99. The van der Waals surface area contributed by atoms with Crippen molar-refractivity contribution >= 4 is 5.69 Å². The summed E-state index contributed by atoms with van der Waals surface area (Å²) in [4.78, 5) is 0. The first-order valence-corrected chi connectivity index (χ1v) is 6.17. The molecule has 0 aliphatic rings. The normalized spacial score (nSPS) is 9.89. The summed E-state index contributed by atoms with van der Waals surface area (Å²) in [6.45, 7) is 3.73. The number of nitrogens with one attached hydrogen (secondary N) is 1.